The largest absolute Gasteiger partial charge is 0.309 e. The lowest BCUT2D eigenvalue weighted by Gasteiger charge is -2.19. The van der Waals surface area contributed by atoms with E-state index in [1.54, 1.807) is 0 Å². The summed E-state index contributed by atoms with van der Waals surface area (Å²) in [5, 5.41) is 3.60. The van der Waals surface area contributed by atoms with Gasteiger partial charge in [-0.1, -0.05) is 43.2 Å². The van der Waals surface area contributed by atoms with Crippen LogP contribution in [0.4, 0.5) is 0 Å². The highest BCUT2D eigenvalue weighted by atomic mass is 35.5. The number of hydrogen-bond acceptors (Lipinski definition) is 1. The van der Waals surface area contributed by atoms with Crippen LogP contribution in [-0.4, -0.2) is 12.4 Å². The molecule has 0 radical (unpaired) electrons. The molecule has 1 aliphatic rings. The normalized spacial score (nSPS) is 18.8. The first-order chi connectivity index (χ1) is 7.90. The van der Waals surface area contributed by atoms with Crippen LogP contribution in [0.5, 0.6) is 0 Å². The topological polar surface area (TPSA) is 12.0 Å². The Morgan fingerprint density at radius 1 is 1.19 bits per heavy atom. The molecule has 1 aromatic carbocycles. The summed E-state index contributed by atoms with van der Waals surface area (Å²) in [6.45, 7) is 1.12. The third kappa shape index (κ3) is 3.23. The number of rotatable bonds is 5. The van der Waals surface area contributed by atoms with Gasteiger partial charge in [0.15, 0.2) is 0 Å². The fourth-order valence-electron chi connectivity index (χ4n) is 2.47. The van der Waals surface area contributed by atoms with Gasteiger partial charge in [-0.2, -0.15) is 0 Å². The number of nitrogens with one attached hydrogen (secondary N) is 1. The maximum atomic E-state index is 6.03. The highest BCUT2D eigenvalue weighted by molar-refractivity contribution is 6.18. The lowest BCUT2D eigenvalue weighted by molar-refractivity contribution is 0.454. The molecule has 1 unspecified atom stereocenters. The van der Waals surface area contributed by atoms with E-state index in [2.05, 4.69) is 29.6 Å². The van der Waals surface area contributed by atoms with Gasteiger partial charge in [0.2, 0.25) is 0 Å². The second-order valence-corrected chi connectivity index (χ2v) is 4.98. The van der Waals surface area contributed by atoms with Crippen molar-refractivity contribution in [2.24, 2.45) is 5.92 Å². The summed E-state index contributed by atoms with van der Waals surface area (Å²) in [4.78, 5) is 0. The molecule has 0 saturated heterocycles. The molecule has 88 valence electrons. The van der Waals surface area contributed by atoms with Crippen LogP contribution in [0.15, 0.2) is 30.3 Å². The molecule has 1 aromatic rings. The molecule has 2 heteroatoms. The summed E-state index contributed by atoms with van der Waals surface area (Å²) in [5.74, 6) is 1.52. The Hall–Kier alpha value is -0.530. The average Bonchev–Trinajstić information content (AvgIpc) is 2.84. The SMILES string of the molecule is ClCC(NCC1CCCC1)c1ccccc1. The Labute approximate surface area is 103 Å². The molecule has 1 fully saturated rings. The van der Waals surface area contributed by atoms with Gasteiger partial charge in [-0.25, -0.2) is 0 Å². The first kappa shape index (κ1) is 11.9. The molecule has 1 N–H and O–H groups in total. The third-order valence-electron chi connectivity index (χ3n) is 3.48. The van der Waals surface area contributed by atoms with Crippen molar-refractivity contribution in [3.8, 4) is 0 Å². The van der Waals surface area contributed by atoms with Gasteiger partial charge in [-0.3, -0.25) is 0 Å². The van der Waals surface area contributed by atoms with Crippen LogP contribution in [0.1, 0.15) is 37.3 Å². The molecule has 0 spiro atoms. The number of halogens is 1. The Morgan fingerprint density at radius 2 is 1.88 bits per heavy atom. The van der Waals surface area contributed by atoms with Crippen molar-refractivity contribution in [2.45, 2.75) is 31.7 Å². The summed E-state index contributed by atoms with van der Waals surface area (Å²) >= 11 is 6.03. The van der Waals surface area contributed by atoms with E-state index < -0.39 is 0 Å². The van der Waals surface area contributed by atoms with Crippen LogP contribution in [-0.2, 0) is 0 Å². The molecule has 1 nitrogen and oxygen atoms in total. The van der Waals surface area contributed by atoms with Crippen molar-refractivity contribution in [1.82, 2.24) is 5.32 Å². The van der Waals surface area contributed by atoms with E-state index in [0.29, 0.717) is 11.9 Å². The zero-order valence-corrected chi connectivity index (χ0v) is 10.4. The summed E-state index contributed by atoms with van der Waals surface area (Å²) < 4.78 is 0. The quantitative estimate of drug-likeness (QED) is 0.770. The highest BCUT2D eigenvalue weighted by Crippen LogP contribution is 2.25. The van der Waals surface area contributed by atoms with E-state index >= 15 is 0 Å². The zero-order valence-electron chi connectivity index (χ0n) is 9.66. The molecule has 1 aliphatic carbocycles. The fraction of sp³-hybridized carbons (Fsp3) is 0.571. The van der Waals surface area contributed by atoms with Crippen LogP contribution in [0.2, 0.25) is 0 Å². The number of alkyl halides is 1. The molecule has 1 saturated carbocycles. The van der Waals surface area contributed by atoms with E-state index in [1.165, 1.54) is 31.2 Å². The standard InChI is InChI=1S/C14H20ClN/c15-10-14(13-8-2-1-3-9-13)16-11-12-6-4-5-7-12/h1-3,8-9,12,14,16H,4-7,10-11H2. The lowest BCUT2D eigenvalue weighted by Crippen LogP contribution is -2.27. The second kappa shape index (κ2) is 6.27. The van der Waals surface area contributed by atoms with Crippen molar-refractivity contribution in [1.29, 1.82) is 0 Å². The number of benzene rings is 1. The molecular weight excluding hydrogens is 218 g/mol. The lowest BCUT2D eigenvalue weighted by atomic mass is 10.1. The molecule has 0 aromatic heterocycles. The Kier molecular flexibility index (Phi) is 4.68. The molecule has 0 heterocycles. The van der Waals surface area contributed by atoms with Crippen molar-refractivity contribution >= 4 is 11.6 Å². The predicted octanol–water partition coefficient (Wildman–Crippen LogP) is 3.75. The molecule has 1 atom stereocenters. The maximum absolute atomic E-state index is 6.03. The van der Waals surface area contributed by atoms with Gasteiger partial charge in [-0.15, -0.1) is 11.6 Å². The van der Waals surface area contributed by atoms with Crippen molar-refractivity contribution < 1.29 is 0 Å². The molecule has 0 bridgehead atoms. The Balaban J connectivity index is 1.85. The van der Waals surface area contributed by atoms with Crippen LogP contribution in [0, 0.1) is 5.92 Å². The van der Waals surface area contributed by atoms with E-state index in [0.717, 1.165) is 12.5 Å². The summed E-state index contributed by atoms with van der Waals surface area (Å²) in [5.41, 5.74) is 1.30. The molecule has 16 heavy (non-hydrogen) atoms. The van der Waals surface area contributed by atoms with E-state index in [4.69, 9.17) is 11.6 Å². The van der Waals surface area contributed by atoms with Gasteiger partial charge >= 0.3 is 0 Å². The van der Waals surface area contributed by atoms with Gasteiger partial charge in [-0.05, 0) is 30.9 Å². The second-order valence-electron chi connectivity index (χ2n) is 4.68. The minimum Gasteiger partial charge on any atom is -0.309 e. The van der Waals surface area contributed by atoms with E-state index in [-0.39, 0.29) is 0 Å². The van der Waals surface area contributed by atoms with Crippen molar-refractivity contribution in [3.05, 3.63) is 35.9 Å². The minimum atomic E-state index is 0.309. The first-order valence-electron chi connectivity index (χ1n) is 6.24. The predicted molar refractivity (Wildman–Crippen MR) is 69.9 cm³/mol. The van der Waals surface area contributed by atoms with Crippen LogP contribution < -0.4 is 5.32 Å². The van der Waals surface area contributed by atoms with Gasteiger partial charge in [0.1, 0.15) is 0 Å². The summed E-state index contributed by atoms with van der Waals surface area (Å²) in [6.07, 6.45) is 5.58. The molecular formula is C14H20ClN. The summed E-state index contributed by atoms with van der Waals surface area (Å²) in [6, 6.07) is 10.8. The minimum absolute atomic E-state index is 0.309. The maximum Gasteiger partial charge on any atom is 0.0457 e. The van der Waals surface area contributed by atoms with Gasteiger partial charge in [0.25, 0.3) is 0 Å². The Bertz CT molecular complexity index is 293. The van der Waals surface area contributed by atoms with E-state index in [1.807, 2.05) is 6.07 Å². The van der Waals surface area contributed by atoms with Crippen LogP contribution >= 0.6 is 11.6 Å². The molecule has 0 amide bonds. The monoisotopic (exact) mass is 237 g/mol. The van der Waals surface area contributed by atoms with Crippen molar-refractivity contribution in [2.75, 3.05) is 12.4 Å². The third-order valence-corrected chi connectivity index (χ3v) is 3.79. The van der Waals surface area contributed by atoms with Gasteiger partial charge in [0.05, 0.1) is 0 Å². The Morgan fingerprint density at radius 3 is 2.50 bits per heavy atom. The van der Waals surface area contributed by atoms with Crippen molar-refractivity contribution in [3.63, 3.8) is 0 Å². The summed E-state index contributed by atoms with van der Waals surface area (Å²) in [7, 11) is 0. The number of hydrogen-bond donors (Lipinski definition) is 1. The van der Waals surface area contributed by atoms with Crippen LogP contribution in [0.25, 0.3) is 0 Å². The smallest absolute Gasteiger partial charge is 0.0457 e. The zero-order chi connectivity index (χ0) is 11.2. The fourth-order valence-corrected chi connectivity index (χ4v) is 2.76. The highest BCUT2D eigenvalue weighted by Gasteiger charge is 2.17. The molecule has 0 aliphatic heterocycles. The van der Waals surface area contributed by atoms with E-state index in [9.17, 15) is 0 Å². The average molecular weight is 238 g/mol. The first-order valence-corrected chi connectivity index (χ1v) is 6.78. The van der Waals surface area contributed by atoms with Crippen LogP contribution in [0.3, 0.4) is 0 Å². The van der Waals surface area contributed by atoms with Gasteiger partial charge < -0.3 is 5.32 Å². The molecule has 2 rings (SSSR count). The van der Waals surface area contributed by atoms with Gasteiger partial charge in [0, 0.05) is 11.9 Å².